The Bertz CT molecular complexity index is 913. The van der Waals surface area contributed by atoms with E-state index in [-0.39, 0.29) is 23.1 Å². The number of aromatic nitrogens is 1. The maximum absolute atomic E-state index is 13.9. The molecule has 0 bridgehead atoms. The summed E-state index contributed by atoms with van der Waals surface area (Å²) in [7, 11) is -3.64. The smallest absolute Gasteiger partial charge is 0.252 e. The van der Waals surface area contributed by atoms with Crippen molar-refractivity contribution < 1.29 is 12.8 Å². The van der Waals surface area contributed by atoms with Gasteiger partial charge in [0.05, 0.1) is 0 Å². The third-order valence-electron chi connectivity index (χ3n) is 3.76. The summed E-state index contributed by atoms with van der Waals surface area (Å²) in [4.78, 5) is 4.04. The molecule has 2 heterocycles. The molecule has 2 aromatic heterocycles. The van der Waals surface area contributed by atoms with E-state index in [2.05, 4.69) is 4.98 Å². The minimum Gasteiger partial charge on any atom is -0.264 e. The van der Waals surface area contributed by atoms with Crippen LogP contribution < -0.4 is 0 Å². The van der Waals surface area contributed by atoms with Crippen LogP contribution in [0.3, 0.4) is 0 Å². The van der Waals surface area contributed by atoms with E-state index in [4.69, 9.17) is 0 Å². The SMILES string of the molecule is O=S(=O)(c1cccs1)N(CCc1ccccc1F)Cc1cccnc1. The van der Waals surface area contributed by atoms with Crippen molar-refractivity contribution in [1.82, 2.24) is 9.29 Å². The van der Waals surface area contributed by atoms with Crippen molar-refractivity contribution in [2.24, 2.45) is 0 Å². The molecule has 0 atom stereocenters. The molecule has 1 aromatic carbocycles. The lowest BCUT2D eigenvalue weighted by Gasteiger charge is -2.21. The quantitative estimate of drug-likeness (QED) is 0.632. The van der Waals surface area contributed by atoms with Crippen LogP contribution >= 0.6 is 11.3 Å². The second-order valence-corrected chi connectivity index (χ2v) is 8.59. The molecule has 0 aliphatic carbocycles. The molecule has 0 N–H and O–H groups in total. The zero-order valence-electron chi connectivity index (χ0n) is 13.4. The number of benzene rings is 1. The van der Waals surface area contributed by atoms with Crippen LogP contribution in [0.1, 0.15) is 11.1 Å². The van der Waals surface area contributed by atoms with Gasteiger partial charge in [0, 0.05) is 25.5 Å². The molecule has 0 amide bonds. The van der Waals surface area contributed by atoms with E-state index >= 15 is 0 Å². The van der Waals surface area contributed by atoms with Crippen molar-refractivity contribution in [3.63, 3.8) is 0 Å². The molecular formula is C18H17FN2O2S2. The highest BCUT2D eigenvalue weighted by Gasteiger charge is 2.25. The molecule has 130 valence electrons. The van der Waals surface area contributed by atoms with Crippen LogP contribution in [0.25, 0.3) is 0 Å². The van der Waals surface area contributed by atoms with Crippen molar-refractivity contribution in [3.8, 4) is 0 Å². The number of nitrogens with zero attached hydrogens (tertiary/aromatic N) is 2. The summed E-state index contributed by atoms with van der Waals surface area (Å²) in [5.74, 6) is -0.322. The Labute approximate surface area is 150 Å². The van der Waals surface area contributed by atoms with Crippen LogP contribution in [0, 0.1) is 5.82 Å². The predicted molar refractivity (Wildman–Crippen MR) is 96.3 cm³/mol. The molecule has 3 aromatic rings. The van der Waals surface area contributed by atoms with Crippen LogP contribution in [-0.4, -0.2) is 24.3 Å². The highest BCUT2D eigenvalue weighted by atomic mass is 32.2. The third-order valence-corrected chi connectivity index (χ3v) is 6.98. The summed E-state index contributed by atoms with van der Waals surface area (Å²) in [5.41, 5.74) is 1.29. The lowest BCUT2D eigenvalue weighted by molar-refractivity contribution is 0.407. The predicted octanol–water partition coefficient (Wildman–Crippen LogP) is 3.72. The molecule has 0 spiro atoms. The lowest BCUT2D eigenvalue weighted by atomic mass is 10.1. The minimum absolute atomic E-state index is 0.191. The normalized spacial score (nSPS) is 11.8. The van der Waals surface area contributed by atoms with Crippen molar-refractivity contribution in [1.29, 1.82) is 0 Å². The van der Waals surface area contributed by atoms with Crippen molar-refractivity contribution in [2.75, 3.05) is 6.54 Å². The summed E-state index contributed by atoms with van der Waals surface area (Å²) >= 11 is 1.17. The fraction of sp³-hybridized carbons (Fsp3) is 0.167. The monoisotopic (exact) mass is 376 g/mol. The zero-order chi connectivity index (χ0) is 17.7. The second kappa shape index (κ2) is 7.86. The van der Waals surface area contributed by atoms with E-state index in [1.165, 1.54) is 21.7 Å². The van der Waals surface area contributed by atoms with Gasteiger partial charge in [-0.25, -0.2) is 12.8 Å². The minimum atomic E-state index is -3.64. The number of hydrogen-bond acceptors (Lipinski definition) is 4. The Morgan fingerprint density at radius 2 is 1.92 bits per heavy atom. The molecule has 4 nitrogen and oxygen atoms in total. The molecule has 0 radical (unpaired) electrons. The van der Waals surface area contributed by atoms with Gasteiger partial charge in [0.15, 0.2) is 0 Å². The number of thiophene rings is 1. The summed E-state index contributed by atoms with van der Waals surface area (Å²) in [6.45, 7) is 0.387. The lowest BCUT2D eigenvalue weighted by Crippen LogP contribution is -2.32. The van der Waals surface area contributed by atoms with E-state index in [0.29, 0.717) is 12.0 Å². The van der Waals surface area contributed by atoms with E-state index in [1.54, 1.807) is 54.2 Å². The van der Waals surface area contributed by atoms with Gasteiger partial charge in [-0.05, 0) is 41.1 Å². The first-order chi connectivity index (χ1) is 12.1. The maximum atomic E-state index is 13.9. The van der Waals surface area contributed by atoms with Gasteiger partial charge in [0.25, 0.3) is 10.0 Å². The Morgan fingerprint density at radius 1 is 1.08 bits per heavy atom. The van der Waals surface area contributed by atoms with Crippen LogP contribution in [0.2, 0.25) is 0 Å². The van der Waals surface area contributed by atoms with Crippen LogP contribution in [-0.2, 0) is 23.0 Å². The van der Waals surface area contributed by atoms with E-state index in [0.717, 1.165) is 5.56 Å². The number of rotatable bonds is 7. The van der Waals surface area contributed by atoms with Gasteiger partial charge in [-0.15, -0.1) is 11.3 Å². The molecule has 0 aliphatic rings. The van der Waals surface area contributed by atoms with Crippen LogP contribution in [0.15, 0.2) is 70.5 Å². The highest BCUT2D eigenvalue weighted by molar-refractivity contribution is 7.91. The first-order valence-electron chi connectivity index (χ1n) is 7.73. The van der Waals surface area contributed by atoms with Crippen LogP contribution in [0.5, 0.6) is 0 Å². The van der Waals surface area contributed by atoms with Crippen molar-refractivity contribution >= 4 is 21.4 Å². The summed E-state index contributed by atoms with van der Waals surface area (Å²) in [6.07, 6.45) is 3.58. The van der Waals surface area contributed by atoms with Gasteiger partial charge >= 0.3 is 0 Å². The van der Waals surface area contributed by atoms with Gasteiger partial charge in [0.1, 0.15) is 10.0 Å². The Balaban J connectivity index is 1.85. The highest BCUT2D eigenvalue weighted by Crippen LogP contribution is 2.23. The average Bonchev–Trinajstić information content (AvgIpc) is 3.16. The molecule has 0 aliphatic heterocycles. The second-order valence-electron chi connectivity index (χ2n) is 5.47. The summed E-state index contributed by atoms with van der Waals surface area (Å²) in [6, 6.07) is 13.3. The number of halogens is 1. The summed E-state index contributed by atoms with van der Waals surface area (Å²) < 4.78 is 41.4. The largest absolute Gasteiger partial charge is 0.264 e. The van der Waals surface area contributed by atoms with E-state index < -0.39 is 10.0 Å². The Hall–Kier alpha value is -2.09. The van der Waals surface area contributed by atoms with Gasteiger partial charge in [0.2, 0.25) is 0 Å². The van der Waals surface area contributed by atoms with Gasteiger partial charge in [-0.2, -0.15) is 4.31 Å². The van der Waals surface area contributed by atoms with Gasteiger partial charge < -0.3 is 0 Å². The molecule has 25 heavy (non-hydrogen) atoms. The van der Waals surface area contributed by atoms with Gasteiger partial charge in [-0.1, -0.05) is 30.3 Å². The fourth-order valence-electron chi connectivity index (χ4n) is 2.46. The first-order valence-corrected chi connectivity index (χ1v) is 10.1. The van der Waals surface area contributed by atoms with E-state index in [9.17, 15) is 12.8 Å². The van der Waals surface area contributed by atoms with Crippen molar-refractivity contribution in [3.05, 3.63) is 83.2 Å². The van der Waals surface area contributed by atoms with E-state index in [1.807, 2.05) is 6.07 Å². The van der Waals surface area contributed by atoms with Crippen molar-refractivity contribution in [2.45, 2.75) is 17.2 Å². The molecule has 0 fully saturated rings. The average molecular weight is 376 g/mol. The van der Waals surface area contributed by atoms with Gasteiger partial charge in [-0.3, -0.25) is 4.98 Å². The molecule has 3 rings (SSSR count). The fourth-order valence-corrected chi connectivity index (χ4v) is 5.04. The Kier molecular flexibility index (Phi) is 5.57. The zero-order valence-corrected chi connectivity index (χ0v) is 15.0. The molecule has 0 unspecified atom stereocenters. The standard InChI is InChI=1S/C18H17FN2O2S2/c19-17-7-2-1-6-16(17)9-11-21(14-15-5-3-10-20-13-15)25(22,23)18-8-4-12-24-18/h1-8,10,12-13H,9,11,14H2. The van der Waals surface area contributed by atoms with Crippen LogP contribution in [0.4, 0.5) is 4.39 Å². The molecular weight excluding hydrogens is 359 g/mol. The molecule has 0 saturated heterocycles. The topological polar surface area (TPSA) is 50.3 Å². The maximum Gasteiger partial charge on any atom is 0.252 e. The Morgan fingerprint density at radius 3 is 2.60 bits per heavy atom. The summed E-state index contributed by atoms with van der Waals surface area (Å²) in [5, 5.41) is 1.73. The number of sulfonamides is 1. The number of hydrogen-bond donors (Lipinski definition) is 0. The molecule has 0 saturated carbocycles. The molecule has 7 heteroatoms. The number of pyridine rings is 1. The third kappa shape index (κ3) is 4.31. The first kappa shape index (κ1) is 17.7.